The summed E-state index contributed by atoms with van der Waals surface area (Å²) in [5.41, 5.74) is 11.4. The second-order valence-electron chi connectivity index (χ2n) is 9.19. The average molecular weight is 423 g/mol. The molecule has 4 atom stereocenters. The summed E-state index contributed by atoms with van der Waals surface area (Å²) >= 11 is 0. The number of rotatable bonds is 3. The zero-order chi connectivity index (χ0) is 22.3. The molecule has 8 heteroatoms. The number of amides is 3. The Balaban J connectivity index is 2.23. The van der Waals surface area contributed by atoms with Crippen molar-refractivity contribution in [3.8, 4) is 0 Å². The van der Waals surface area contributed by atoms with Crippen molar-refractivity contribution in [2.45, 2.75) is 96.2 Å². The molecule has 3 amide bonds. The standard InChI is InChI=1S/C22H38N4O4/c1-14(2)15-12-18-21(29)25-17(19(27)20(24)28)11-9-7-5-3-4-6-8-10-16(23)22(30)26(18)13-15/h14-18H,3-13,23H2,1-2H3,(H2,24,28)(H,25,29)/t15-,16+,17+,18+/m1/s1. The molecule has 0 unspecified atom stereocenters. The molecule has 2 aliphatic heterocycles. The molecular weight excluding hydrogens is 384 g/mol. The van der Waals surface area contributed by atoms with Crippen LogP contribution < -0.4 is 16.8 Å². The molecule has 0 aliphatic carbocycles. The van der Waals surface area contributed by atoms with Gasteiger partial charge in [-0.15, -0.1) is 0 Å². The van der Waals surface area contributed by atoms with Crippen molar-refractivity contribution in [3.05, 3.63) is 0 Å². The van der Waals surface area contributed by atoms with E-state index in [4.69, 9.17) is 11.5 Å². The Kier molecular flexibility index (Phi) is 9.27. The molecule has 0 aromatic carbocycles. The summed E-state index contributed by atoms with van der Waals surface area (Å²) in [5, 5.41) is 2.72. The number of carbonyl (C=O) groups excluding carboxylic acids is 4. The van der Waals surface area contributed by atoms with Gasteiger partial charge in [0.2, 0.25) is 17.6 Å². The van der Waals surface area contributed by atoms with Crippen LogP contribution in [0.3, 0.4) is 0 Å². The summed E-state index contributed by atoms with van der Waals surface area (Å²) in [4.78, 5) is 51.5. The van der Waals surface area contributed by atoms with Crippen LogP contribution in [0.4, 0.5) is 0 Å². The number of nitrogens with one attached hydrogen (secondary N) is 1. The predicted octanol–water partition coefficient (Wildman–Crippen LogP) is 1.25. The Labute approximate surface area is 179 Å². The summed E-state index contributed by atoms with van der Waals surface area (Å²) in [6.45, 7) is 4.63. The summed E-state index contributed by atoms with van der Waals surface area (Å²) in [6, 6.07) is -2.24. The van der Waals surface area contributed by atoms with E-state index in [-0.39, 0.29) is 11.8 Å². The van der Waals surface area contributed by atoms with E-state index < -0.39 is 35.7 Å². The lowest BCUT2D eigenvalue weighted by molar-refractivity contribution is -0.142. The van der Waals surface area contributed by atoms with Crippen LogP contribution in [0.15, 0.2) is 0 Å². The monoisotopic (exact) mass is 422 g/mol. The first-order valence-corrected chi connectivity index (χ1v) is 11.4. The van der Waals surface area contributed by atoms with E-state index in [0.717, 1.165) is 44.9 Å². The Morgan fingerprint density at radius 2 is 1.57 bits per heavy atom. The van der Waals surface area contributed by atoms with Crippen LogP contribution in [0.2, 0.25) is 0 Å². The maximum atomic E-state index is 13.1. The molecule has 2 rings (SSSR count). The van der Waals surface area contributed by atoms with Gasteiger partial charge in [-0.3, -0.25) is 19.2 Å². The van der Waals surface area contributed by atoms with Gasteiger partial charge in [-0.2, -0.15) is 0 Å². The van der Waals surface area contributed by atoms with Crippen molar-refractivity contribution in [2.24, 2.45) is 23.3 Å². The van der Waals surface area contributed by atoms with Crippen molar-refractivity contribution in [1.29, 1.82) is 0 Å². The number of Topliss-reactive ketones (excluding diaryl/α,β-unsaturated/α-hetero) is 1. The number of ketones is 1. The van der Waals surface area contributed by atoms with Gasteiger partial charge in [0.1, 0.15) is 6.04 Å². The molecule has 2 heterocycles. The van der Waals surface area contributed by atoms with Crippen LogP contribution in [-0.2, 0) is 19.2 Å². The highest BCUT2D eigenvalue weighted by Crippen LogP contribution is 2.30. The molecule has 0 spiro atoms. The predicted molar refractivity (Wildman–Crippen MR) is 114 cm³/mol. The number of hydrogen-bond donors (Lipinski definition) is 3. The molecule has 2 saturated heterocycles. The highest BCUT2D eigenvalue weighted by molar-refractivity contribution is 6.37. The van der Waals surface area contributed by atoms with Crippen molar-refractivity contribution < 1.29 is 19.2 Å². The second kappa shape index (κ2) is 11.4. The Morgan fingerprint density at radius 3 is 2.13 bits per heavy atom. The number of primary amides is 1. The topological polar surface area (TPSA) is 136 Å². The molecule has 0 aromatic rings. The first-order valence-electron chi connectivity index (χ1n) is 11.4. The van der Waals surface area contributed by atoms with Crippen LogP contribution in [0.5, 0.6) is 0 Å². The molecular formula is C22H38N4O4. The van der Waals surface area contributed by atoms with Gasteiger partial charge in [0.25, 0.3) is 5.91 Å². The molecule has 0 radical (unpaired) electrons. The van der Waals surface area contributed by atoms with Gasteiger partial charge in [0, 0.05) is 6.54 Å². The lowest BCUT2D eigenvalue weighted by Gasteiger charge is -2.28. The van der Waals surface area contributed by atoms with E-state index in [1.54, 1.807) is 4.90 Å². The number of carbonyl (C=O) groups is 4. The fraction of sp³-hybridized carbons (Fsp3) is 0.818. The first-order chi connectivity index (χ1) is 14.2. The molecule has 0 bridgehead atoms. The summed E-state index contributed by atoms with van der Waals surface area (Å²) in [6.07, 6.45) is 8.31. The van der Waals surface area contributed by atoms with E-state index in [1.807, 2.05) is 0 Å². The number of fused-ring (bicyclic) bond motifs is 1. The van der Waals surface area contributed by atoms with Crippen molar-refractivity contribution in [1.82, 2.24) is 10.2 Å². The molecule has 5 N–H and O–H groups in total. The summed E-state index contributed by atoms with van der Waals surface area (Å²) in [7, 11) is 0. The van der Waals surface area contributed by atoms with E-state index in [9.17, 15) is 19.2 Å². The van der Waals surface area contributed by atoms with Crippen LogP contribution in [0.1, 0.15) is 78.1 Å². The van der Waals surface area contributed by atoms with E-state index in [0.29, 0.717) is 31.7 Å². The Morgan fingerprint density at radius 1 is 1.00 bits per heavy atom. The average Bonchev–Trinajstić information content (AvgIpc) is 3.15. The maximum absolute atomic E-state index is 13.1. The number of hydrogen-bond acceptors (Lipinski definition) is 5. The lowest BCUT2D eigenvalue weighted by atomic mass is 9.93. The Hall–Kier alpha value is -1.96. The SMILES string of the molecule is CC(C)[C@@H]1C[C@H]2C(=O)N[C@H](C(=O)C(N)=O)CCCCCCCCC[C@H](N)C(=O)N2C1. The second-order valence-corrected chi connectivity index (χ2v) is 9.19. The Bertz CT molecular complexity index is 637. The van der Waals surface area contributed by atoms with Crippen LogP contribution >= 0.6 is 0 Å². The summed E-state index contributed by atoms with van der Waals surface area (Å²) < 4.78 is 0. The van der Waals surface area contributed by atoms with Gasteiger partial charge in [0.05, 0.1) is 12.1 Å². The zero-order valence-electron chi connectivity index (χ0n) is 18.4. The van der Waals surface area contributed by atoms with Crippen LogP contribution in [0.25, 0.3) is 0 Å². The minimum absolute atomic E-state index is 0.185. The van der Waals surface area contributed by atoms with E-state index in [2.05, 4.69) is 19.2 Å². The third-order valence-corrected chi connectivity index (χ3v) is 6.56. The lowest BCUT2D eigenvalue weighted by Crippen LogP contribution is -2.55. The van der Waals surface area contributed by atoms with Gasteiger partial charge in [-0.25, -0.2) is 0 Å². The molecule has 8 nitrogen and oxygen atoms in total. The zero-order valence-corrected chi connectivity index (χ0v) is 18.4. The molecule has 0 aromatic heterocycles. The quantitative estimate of drug-likeness (QED) is 0.588. The normalized spacial score (nSPS) is 30.1. The minimum Gasteiger partial charge on any atom is -0.363 e. The fourth-order valence-corrected chi connectivity index (χ4v) is 4.49. The number of nitrogens with two attached hydrogens (primary N) is 2. The third kappa shape index (κ3) is 6.52. The van der Waals surface area contributed by atoms with Crippen molar-refractivity contribution >= 4 is 23.5 Å². The van der Waals surface area contributed by atoms with Crippen molar-refractivity contribution in [2.75, 3.05) is 6.54 Å². The first kappa shape index (κ1) is 24.3. The molecule has 170 valence electrons. The van der Waals surface area contributed by atoms with Gasteiger partial charge in [-0.05, 0) is 31.1 Å². The van der Waals surface area contributed by atoms with Crippen molar-refractivity contribution in [3.63, 3.8) is 0 Å². The third-order valence-electron chi connectivity index (χ3n) is 6.56. The molecule has 30 heavy (non-hydrogen) atoms. The van der Waals surface area contributed by atoms with Gasteiger partial charge in [-0.1, -0.05) is 58.8 Å². The van der Waals surface area contributed by atoms with Crippen LogP contribution in [0, 0.1) is 11.8 Å². The molecule has 2 aliphatic rings. The maximum Gasteiger partial charge on any atom is 0.287 e. The highest BCUT2D eigenvalue weighted by Gasteiger charge is 2.42. The van der Waals surface area contributed by atoms with E-state index in [1.165, 1.54) is 0 Å². The fourth-order valence-electron chi connectivity index (χ4n) is 4.49. The van der Waals surface area contributed by atoms with Crippen LogP contribution in [-0.4, -0.2) is 53.1 Å². The highest BCUT2D eigenvalue weighted by atomic mass is 16.2. The van der Waals surface area contributed by atoms with Gasteiger partial charge in [0.15, 0.2) is 0 Å². The molecule has 2 fully saturated rings. The van der Waals surface area contributed by atoms with Gasteiger partial charge < -0.3 is 21.7 Å². The smallest absolute Gasteiger partial charge is 0.287 e. The van der Waals surface area contributed by atoms with E-state index >= 15 is 0 Å². The van der Waals surface area contributed by atoms with Gasteiger partial charge >= 0.3 is 0 Å². The largest absolute Gasteiger partial charge is 0.363 e. The minimum atomic E-state index is -1.05. The number of nitrogens with zero attached hydrogens (tertiary/aromatic N) is 1. The molecule has 0 saturated carbocycles. The summed E-state index contributed by atoms with van der Waals surface area (Å²) in [5.74, 6) is -1.93.